The normalized spacial score (nSPS) is 11.0. The molecule has 1 amide bonds. The number of nitrogens with zero attached hydrogens (tertiary/aromatic N) is 3. The molecule has 6 nitrogen and oxygen atoms in total. The predicted octanol–water partition coefficient (Wildman–Crippen LogP) is 4.48. The Morgan fingerprint density at radius 3 is 2.31 bits per heavy atom. The molecule has 0 spiro atoms. The van der Waals surface area contributed by atoms with Gasteiger partial charge < -0.3 is 14.2 Å². The maximum absolute atomic E-state index is 12.8. The average Bonchev–Trinajstić information content (AvgIpc) is 3.12. The summed E-state index contributed by atoms with van der Waals surface area (Å²) in [5, 5.41) is 4.05. The standard InChI is InChI=1S/C23H27N3O3/c1-15(2)26(22(27)14-28-20-11-17(4)10-18(5)12-20)13-21-24-23(25-29-21)19-8-6-16(3)7-9-19/h6-12,15H,13-14H2,1-5H3. The van der Waals surface area contributed by atoms with Crippen molar-refractivity contribution in [2.45, 2.75) is 47.2 Å². The van der Waals surface area contributed by atoms with Gasteiger partial charge in [-0.2, -0.15) is 4.98 Å². The van der Waals surface area contributed by atoms with Crippen LogP contribution >= 0.6 is 0 Å². The van der Waals surface area contributed by atoms with E-state index in [4.69, 9.17) is 9.26 Å². The molecule has 6 heteroatoms. The number of carbonyl (C=O) groups is 1. The Labute approximate surface area is 171 Å². The Bertz CT molecular complexity index is 957. The molecule has 0 N–H and O–H groups in total. The van der Waals surface area contributed by atoms with Crippen LogP contribution in [0, 0.1) is 20.8 Å². The van der Waals surface area contributed by atoms with Crippen molar-refractivity contribution < 1.29 is 14.1 Å². The zero-order valence-corrected chi connectivity index (χ0v) is 17.6. The van der Waals surface area contributed by atoms with Crippen LogP contribution in [-0.4, -0.2) is 33.6 Å². The van der Waals surface area contributed by atoms with Crippen molar-refractivity contribution in [2.24, 2.45) is 0 Å². The van der Waals surface area contributed by atoms with Crippen LogP contribution in [0.4, 0.5) is 0 Å². The quantitative estimate of drug-likeness (QED) is 0.592. The molecule has 0 aliphatic carbocycles. The van der Waals surface area contributed by atoms with Crippen LogP contribution in [0.2, 0.25) is 0 Å². The lowest BCUT2D eigenvalue weighted by molar-refractivity contribution is -0.136. The summed E-state index contributed by atoms with van der Waals surface area (Å²) in [6.07, 6.45) is 0. The van der Waals surface area contributed by atoms with E-state index in [9.17, 15) is 4.79 Å². The summed E-state index contributed by atoms with van der Waals surface area (Å²) in [6, 6.07) is 13.8. The van der Waals surface area contributed by atoms with Gasteiger partial charge in [-0.15, -0.1) is 0 Å². The SMILES string of the molecule is Cc1ccc(-c2noc(CN(C(=O)COc3cc(C)cc(C)c3)C(C)C)n2)cc1. The Kier molecular flexibility index (Phi) is 6.32. The highest BCUT2D eigenvalue weighted by molar-refractivity contribution is 5.78. The third-order valence-corrected chi connectivity index (χ3v) is 4.58. The van der Waals surface area contributed by atoms with E-state index in [1.165, 1.54) is 0 Å². The molecule has 0 saturated heterocycles. The van der Waals surface area contributed by atoms with E-state index in [2.05, 4.69) is 16.2 Å². The second-order valence-corrected chi connectivity index (χ2v) is 7.61. The Morgan fingerprint density at radius 1 is 1.03 bits per heavy atom. The summed E-state index contributed by atoms with van der Waals surface area (Å²) in [5.41, 5.74) is 4.24. The molecule has 0 aliphatic rings. The minimum atomic E-state index is -0.130. The molecule has 0 fully saturated rings. The molecule has 2 aromatic carbocycles. The van der Waals surface area contributed by atoms with Gasteiger partial charge in [0.15, 0.2) is 6.61 Å². The van der Waals surface area contributed by atoms with Crippen molar-refractivity contribution in [3.8, 4) is 17.1 Å². The van der Waals surface area contributed by atoms with Gasteiger partial charge in [0.1, 0.15) is 12.3 Å². The van der Waals surface area contributed by atoms with E-state index in [0.29, 0.717) is 17.5 Å². The van der Waals surface area contributed by atoms with E-state index in [1.54, 1.807) is 4.90 Å². The number of benzene rings is 2. The van der Waals surface area contributed by atoms with Crippen LogP contribution in [0.3, 0.4) is 0 Å². The van der Waals surface area contributed by atoms with Gasteiger partial charge in [0.2, 0.25) is 11.7 Å². The smallest absolute Gasteiger partial charge is 0.261 e. The summed E-state index contributed by atoms with van der Waals surface area (Å²) >= 11 is 0. The van der Waals surface area contributed by atoms with Gasteiger partial charge in [0, 0.05) is 11.6 Å². The molecule has 0 aliphatic heterocycles. The maximum atomic E-state index is 12.8. The van der Waals surface area contributed by atoms with E-state index < -0.39 is 0 Å². The first-order chi connectivity index (χ1) is 13.8. The highest BCUT2D eigenvalue weighted by atomic mass is 16.5. The van der Waals surface area contributed by atoms with Gasteiger partial charge >= 0.3 is 0 Å². The summed E-state index contributed by atoms with van der Waals surface area (Å²) in [7, 11) is 0. The van der Waals surface area contributed by atoms with Gasteiger partial charge in [0.25, 0.3) is 5.91 Å². The molecule has 0 bridgehead atoms. The Morgan fingerprint density at radius 2 is 1.69 bits per heavy atom. The van der Waals surface area contributed by atoms with Crippen molar-refractivity contribution in [3.05, 3.63) is 65.0 Å². The van der Waals surface area contributed by atoms with Gasteiger partial charge in [-0.25, -0.2) is 0 Å². The number of hydrogen-bond acceptors (Lipinski definition) is 5. The van der Waals surface area contributed by atoms with Crippen molar-refractivity contribution in [3.63, 3.8) is 0 Å². The number of aromatic nitrogens is 2. The number of aryl methyl sites for hydroxylation is 3. The number of ether oxygens (including phenoxy) is 1. The highest BCUT2D eigenvalue weighted by Gasteiger charge is 2.21. The Hall–Kier alpha value is -3.15. The largest absolute Gasteiger partial charge is 0.484 e. The summed E-state index contributed by atoms with van der Waals surface area (Å²) in [5.74, 6) is 1.48. The van der Waals surface area contributed by atoms with E-state index in [-0.39, 0.29) is 25.1 Å². The maximum Gasteiger partial charge on any atom is 0.261 e. The number of amides is 1. The van der Waals surface area contributed by atoms with E-state index in [0.717, 1.165) is 22.3 Å². The third kappa shape index (κ3) is 5.44. The molecule has 3 aromatic rings. The molecule has 3 rings (SSSR count). The average molecular weight is 393 g/mol. The minimum absolute atomic E-state index is 0.0277. The highest BCUT2D eigenvalue weighted by Crippen LogP contribution is 2.19. The molecule has 0 saturated carbocycles. The van der Waals surface area contributed by atoms with Crippen LogP contribution in [0.5, 0.6) is 5.75 Å². The van der Waals surface area contributed by atoms with E-state index >= 15 is 0 Å². The summed E-state index contributed by atoms with van der Waals surface area (Å²) in [4.78, 5) is 18.9. The van der Waals surface area contributed by atoms with Crippen LogP contribution < -0.4 is 4.74 Å². The molecule has 0 radical (unpaired) electrons. The topological polar surface area (TPSA) is 68.5 Å². The fourth-order valence-electron chi connectivity index (χ4n) is 3.09. The van der Waals surface area contributed by atoms with Gasteiger partial charge in [0.05, 0.1) is 0 Å². The monoisotopic (exact) mass is 393 g/mol. The lowest BCUT2D eigenvalue weighted by atomic mass is 10.1. The van der Waals surface area contributed by atoms with Crippen LogP contribution in [0.25, 0.3) is 11.4 Å². The molecule has 1 heterocycles. The van der Waals surface area contributed by atoms with E-state index in [1.807, 2.05) is 71.0 Å². The molecule has 0 unspecified atom stereocenters. The molecular weight excluding hydrogens is 366 g/mol. The summed E-state index contributed by atoms with van der Waals surface area (Å²) in [6.45, 7) is 10.1. The van der Waals surface area contributed by atoms with Crippen molar-refractivity contribution in [1.29, 1.82) is 0 Å². The number of carbonyl (C=O) groups excluding carboxylic acids is 1. The summed E-state index contributed by atoms with van der Waals surface area (Å²) < 4.78 is 11.1. The second-order valence-electron chi connectivity index (χ2n) is 7.61. The number of rotatable bonds is 7. The van der Waals surface area contributed by atoms with Crippen molar-refractivity contribution in [2.75, 3.05) is 6.61 Å². The molecule has 1 aromatic heterocycles. The van der Waals surface area contributed by atoms with Gasteiger partial charge in [-0.3, -0.25) is 4.79 Å². The first kappa shape index (κ1) is 20.6. The zero-order chi connectivity index (χ0) is 21.0. The molecule has 0 atom stereocenters. The fourth-order valence-corrected chi connectivity index (χ4v) is 3.09. The molecule has 29 heavy (non-hydrogen) atoms. The molecular formula is C23H27N3O3. The predicted molar refractivity (Wildman–Crippen MR) is 112 cm³/mol. The Balaban J connectivity index is 1.66. The van der Waals surface area contributed by atoms with Crippen molar-refractivity contribution in [1.82, 2.24) is 15.0 Å². The first-order valence-electron chi connectivity index (χ1n) is 9.72. The second kappa shape index (κ2) is 8.90. The van der Waals surface area contributed by atoms with Crippen LogP contribution in [0.15, 0.2) is 47.0 Å². The third-order valence-electron chi connectivity index (χ3n) is 4.58. The first-order valence-corrected chi connectivity index (χ1v) is 9.72. The number of hydrogen-bond donors (Lipinski definition) is 0. The van der Waals surface area contributed by atoms with Crippen LogP contribution in [0.1, 0.15) is 36.4 Å². The lowest BCUT2D eigenvalue weighted by Gasteiger charge is -2.25. The van der Waals surface area contributed by atoms with Gasteiger partial charge in [-0.1, -0.05) is 41.1 Å². The van der Waals surface area contributed by atoms with Crippen LogP contribution in [-0.2, 0) is 11.3 Å². The van der Waals surface area contributed by atoms with Gasteiger partial charge in [-0.05, 0) is 57.9 Å². The fraction of sp³-hybridized carbons (Fsp3) is 0.348. The molecule has 152 valence electrons. The minimum Gasteiger partial charge on any atom is -0.484 e. The zero-order valence-electron chi connectivity index (χ0n) is 17.6. The lowest BCUT2D eigenvalue weighted by Crippen LogP contribution is -2.39. The van der Waals surface area contributed by atoms with Crippen molar-refractivity contribution >= 4 is 5.91 Å².